The summed E-state index contributed by atoms with van der Waals surface area (Å²) in [6.07, 6.45) is 3.34. The van der Waals surface area contributed by atoms with E-state index < -0.39 is 0 Å². The maximum atomic E-state index is 8.72. The lowest BCUT2D eigenvalue weighted by molar-refractivity contribution is 0.272. The van der Waals surface area contributed by atoms with Crippen LogP contribution >= 0.6 is 0 Å². The molecule has 0 aromatic carbocycles. The van der Waals surface area contributed by atoms with E-state index in [0.717, 1.165) is 18.6 Å². The Bertz CT molecular complexity index is 258. The van der Waals surface area contributed by atoms with Crippen molar-refractivity contribution in [3.05, 3.63) is 24.2 Å². The Kier molecular flexibility index (Phi) is 1.70. The van der Waals surface area contributed by atoms with Gasteiger partial charge < -0.3 is 15.3 Å². The highest BCUT2D eigenvalue weighted by molar-refractivity contribution is 5.22. The molecule has 0 amide bonds. The zero-order valence-electron chi connectivity index (χ0n) is 6.86. The lowest BCUT2D eigenvalue weighted by Gasteiger charge is -2.06. The second-order valence-corrected chi connectivity index (χ2v) is 3.43. The number of furan rings is 1. The standard InChI is InChI=1S/C9H13NO2/c10-9(6-7(9)3-4-11)8-2-1-5-12-8/h1-2,5,7,11H,3-4,6,10H2/t7-,9-/m1/s1. The van der Waals surface area contributed by atoms with Crippen LogP contribution in [0.2, 0.25) is 0 Å². The zero-order chi connectivity index (χ0) is 8.60. The van der Waals surface area contributed by atoms with Crippen LogP contribution in [0.1, 0.15) is 18.6 Å². The monoisotopic (exact) mass is 167 g/mol. The van der Waals surface area contributed by atoms with Crippen LogP contribution in [0.25, 0.3) is 0 Å². The molecule has 0 aliphatic heterocycles. The Morgan fingerprint density at radius 3 is 3.17 bits per heavy atom. The zero-order valence-corrected chi connectivity index (χ0v) is 6.86. The molecule has 0 unspecified atom stereocenters. The number of aliphatic hydroxyl groups is 1. The lowest BCUT2D eigenvalue weighted by atomic mass is 10.1. The summed E-state index contributed by atoms with van der Waals surface area (Å²) in [5.41, 5.74) is 5.75. The van der Waals surface area contributed by atoms with Crippen LogP contribution in [0.3, 0.4) is 0 Å². The van der Waals surface area contributed by atoms with Crippen molar-refractivity contribution >= 4 is 0 Å². The van der Waals surface area contributed by atoms with Crippen LogP contribution in [-0.2, 0) is 5.54 Å². The highest BCUT2D eigenvalue weighted by Crippen LogP contribution is 2.51. The van der Waals surface area contributed by atoms with Crippen LogP contribution in [0.5, 0.6) is 0 Å². The summed E-state index contributed by atoms with van der Waals surface area (Å²) in [5.74, 6) is 1.25. The Morgan fingerprint density at radius 2 is 2.58 bits per heavy atom. The Balaban J connectivity index is 2.07. The molecule has 1 fully saturated rings. The number of rotatable bonds is 3. The molecule has 1 aromatic heterocycles. The number of hydrogen-bond donors (Lipinski definition) is 2. The molecule has 1 aliphatic carbocycles. The summed E-state index contributed by atoms with van der Waals surface area (Å²) in [4.78, 5) is 0. The topological polar surface area (TPSA) is 59.4 Å². The summed E-state index contributed by atoms with van der Waals surface area (Å²) in [7, 11) is 0. The van der Waals surface area contributed by atoms with Crippen molar-refractivity contribution in [2.75, 3.05) is 6.61 Å². The molecule has 1 aromatic rings. The second kappa shape index (κ2) is 2.61. The fourth-order valence-electron chi connectivity index (χ4n) is 1.71. The quantitative estimate of drug-likeness (QED) is 0.701. The first-order chi connectivity index (χ1) is 5.77. The fraction of sp³-hybridized carbons (Fsp3) is 0.556. The van der Waals surface area contributed by atoms with E-state index in [4.69, 9.17) is 15.3 Å². The van der Waals surface area contributed by atoms with Gasteiger partial charge in [0.05, 0.1) is 11.8 Å². The maximum absolute atomic E-state index is 8.72. The average molecular weight is 167 g/mol. The van der Waals surface area contributed by atoms with E-state index in [0.29, 0.717) is 5.92 Å². The summed E-state index contributed by atoms with van der Waals surface area (Å²) >= 11 is 0. The van der Waals surface area contributed by atoms with E-state index >= 15 is 0 Å². The van der Waals surface area contributed by atoms with Crippen molar-refractivity contribution in [2.45, 2.75) is 18.4 Å². The molecule has 12 heavy (non-hydrogen) atoms. The fourth-order valence-corrected chi connectivity index (χ4v) is 1.71. The van der Waals surface area contributed by atoms with Crippen LogP contribution in [0, 0.1) is 5.92 Å². The highest BCUT2D eigenvalue weighted by atomic mass is 16.3. The van der Waals surface area contributed by atoms with Crippen LogP contribution in [0.4, 0.5) is 0 Å². The van der Waals surface area contributed by atoms with Gasteiger partial charge in [-0.15, -0.1) is 0 Å². The predicted molar refractivity (Wildman–Crippen MR) is 44.4 cm³/mol. The summed E-state index contributed by atoms with van der Waals surface area (Å²) in [5, 5.41) is 8.72. The molecular formula is C9H13NO2. The van der Waals surface area contributed by atoms with Crippen molar-refractivity contribution in [3.8, 4) is 0 Å². The molecule has 3 nitrogen and oxygen atoms in total. The molecule has 0 radical (unpaired) electrons. The van der Waals surface area contributed by atoms with Gasteiger partial charge in [-0.1, -0.05) is 0 Å². The highest BCUT2D eigenvalue weighted by Gasteiger charge is 2.53. The first-order valence-corrected chi connectivity index (χ1v) is 4.21. The number of hydrogen-bond acceptors (Lipinski definition) is 3. The molecule has 1 aliphatic rings. The molecule has 0 spiro atoms. The first-order valence-electron chi connectivity index (χ1n) is 4.21. The van der Waals surface area contributed by atoms with Gasteiger partial charge in [0.2, 0.25) is 0 Å². The van der Waals surface area contributed by atoms with Crippen LogP contribution in [0.15, 0.2) is 22.8 Å². The van der Waals surface area contributed by atoms with E-state index in [1.54, 1.807) is 6.26 Å². The van der Waals surface area contributed by atoms with E-state index in [9.17, 15) is 0 Å². The van der Waals surface area contributed by atoms with Crippen molar-refractivity contribution in [1.29, 1.82) is 0 Å². The third kappa shape index (κ3) is 1.06. The molecule has 2 rings (SSSR count). The minimum atomic E-state index is -0.285. The second-order valence-electron chi connectivity index (χ2n) is 3.43. The summed E-state index contributed by atoms with van der Waals surface area (Å²) in [6, 6.07) is 3.75. The molecule has 1 saturated carbocycles. The van der Waals surface area contributed by atoms with E-state index in [-0.39, 0.29) is 12.1 Å². The van der Waals surface area contributed by atoms with Gasteiger partial charge in [0.15, 0.2) is 0 Å². The molecule has 3 heteroatoms. The van der Waals surface area contributed by atoms with Crippen molar-refractivity contribution in [2.24, 2.45) is 11.7 Å². The third-order valence-electron chi connectivity index (χ3n) is 2.61. The lowest BCUT2D eigenvalue weighted by Crippen LogP contribution is -2.21. The molecule has 1 heterocycles. The summed E-state index contributed by atoms with van der Waals surface area (Å²) < 4.78 is 5.23. The van der Waals surface area contributed by atoms with E-state index in [1.165, 1.54) is 0 Å². The normalized spacial score (nSPS) is 33.7. The van der Waals surface area contributed by atoms with E-state index in [2.05, 4.69) is 0 Å². The minimum absolute atomic E-state index is 0.213. The largest absolute Gasteiger partial charge is 0.467 e. The van der Waals surface area contributed by atoms with Gasteiger partial charge in [-0.25, -0.2) is 0 Å². The van der Waals surface area contributed by atoms with Crippen molar-refractivity contribution in [3.63, 3.8) is 0 Å². The van der Waals surface area contributed by atoms with Crippen molar-refractivity contribution < 1.29 is 9.52 Å². The average Bonchev–Trinajstić information content (AvgIpc) is 2.57. The van der Waals surface area contributed by atoms with Gasteiger partial charge in [0, 0.05) is 6.61 Å². The maximum Gasteiger partial charge on any atom is 0.123 e. The molecular weight excluding hydrogens is 154 g/mol. The molecule has 2 atom stereocenters. The molecule has 66 valence electrons. The number of aliphatic hydroxyl groups excluding tert-OH is 1. The first kappa shape index (κ1) is 7.83. The van der Waals surface area contributed by atoms with Gasteiger partial charge in [0.1, 0.15) is 5.76 Å². The molecule has 0 bridgehead atoms. The minimum Gasteiger partial charge on any atom is -0.467 e. The Morgan fingerprint density at radius 1 is 1.75 bits per heavy atom. The van der Waals surface area contributed by atoms with Crippen molar-refractivity contribution in [1.82, 2.24) is 0 Å². The van der Waals surface area contributed by atoms with Gasteiger partial charge >= 0.3 is 0 Å². The Labute approximate surface area is 71.2 Å². The van der Waals surface area contributed by atoms with Gasteiger partial charge in [0.25, 0.3) is 0 Å². The van der Waals surface area contributed by atoms with Crippen LogP contribution < -0.4 is 5.73 Å². The third-order valence-corrected chi connectivity index (χ3v) is 2.61. The van der Waals surface area contributed by atoms with Crippen LogP contribution in [-0.4, -0.2) is 11.7 Å². The summed E-state index contributed by atoms with van der Waals surface area (Å²) in [6.45, 7) is 0.213. The van der Waals surface area contributed by atoms with Gasteiger partial charge in [-0.3, -0.25) is 0 Å². The van der Waals surface area contributed by atoms with Gasteiger partial charge in [-0.2, -0.15) is 0 Å². The Hall–Kier alpha value is -0.800. The van der Waals surface area contributed by atoms with E-state index in [1.807, 2.05) is 12.1 Å². The molecule has 0 saturated heterocycles. The number of nitrogens with two attached hydrogens (primary N) is 1. The van der Waals surface area contributed by atoms with Gasteiger partial charge in [-0.05, 0) is 30.9 Å². The molecule has 3 N–H and O–H groups in total. The smallest absolute Gasteiger partial charge is 0.123 e. The predicted octanol–water partition coefficient (Wildman–Crippen LogP) is 0.836. The SMILES string of the molecule is N[C@]1(c2ccco2)C[C@H]1CCO.